The Hall–Kier alpha value is -2.74. The average Bonchev–Trinajstić information content (AvgIpc) is 3.43. The van der Waals surface area contributed by atoms with Gasteiger partial charge in [-0.1, -0.05) is 24.0 Å². The van der Waals surface area contributed by atoms with Crippen molar-refractivity contribution in [1.82, 2.24) is 14.0 Å². The van der Waals surface area contributed by atoms with Crippen LogP contribution in [0.4, 0.5) is 0 Å². The maximum absolute atomic E-state index is 12.8. The van der Waals surface area contributed by atoms with Crippen molar-refractivity contribution in [2.75, 3.05) is 14.1 Å². The van der Waals surface area contributed by atoms with Crippen LogP contribution in [0.3, 0.4) is 0 Å². The summed E-state index contributed by atoms with van der Waals surface area (Å²) in [6.45, 7) is 4.35. The van der Waals surface area contributed by atoms with E-state index >= 15 is 0 Å². The van der Waals surface area contributed by atoms with Gasteiger partial charge in [-0.25, -0.2) is 4.79 Å². The predicted octanol–water partition coefficient (Wildman–Crippen LogP) is 2.81. The molecule has 1 atom stereocenters. The van der Waals surface area contributed by atoms with Gasteiger partial charge in [0.2, 0.25) is 5.91 Å². The molecule has 0 N–H and O–H groups in total. The summed E-state index contributed by atoms with van der Waals surface area (Å²) >= 11 is 0. The van der Waals surface area contributed by atoms with Crippen LogP contribution in [0.5, 0.6) is 0 Å². The number of benzene rings is 1. The summed E-state index contributed by atoms with van der Waals surface area (Å²) in [5, 5.41) is 0. The monoisotopic (exact) mass is 365 g/mol. The van der Waals surface area contributed by atoms with Gasteiger partial charge in [-0.05, 0) is 44.4 Å². The summed E-state index contributed by atoms with van der Waals surface area (Å²) in [7, 11) is 3.45. The van der Waals surface area contributed by atoms with Gasteiger partial charge in [0.05, 0.1) is 6.04 Å². The maximum Gasteiger partial charge on any atom is 0.328 e. The fraction of sp³-hybridized carbons (Fsp3) is 0.455. The lowest BCUT2D eigenvalue weighted by atomic mass is 10.1. The van der Waals surface area contributed by atoms with Gasteiger partial charge in [-0.3, -0.25) is 13.9 Å². The molecule has 3 rings (SSSR count). The first kappa shape index (κ1) is 19.0. The Morgan fingerprint density at radius 2 is 1.93 bits per heavy atom. The highest BCUT2D eigenvalue weighted by Gasteiger charge is 2.18. The van der Waals surface area contributed by atoms with Gasteiger partial charge in [0.1, 0.15) is 0 Å². The standard InChI is InChI=1S/C22H27N3O2/c1-16-15-24(14-13-21(26)23(3)4)22(27)25(16)17(2)20-11-9-19(10-12-20)8-7-18-5-6-18/h9-12,15,17-18H,5-6,13-14H2,1-4H3/t17-/m1/s1. The molecular weight excluding hydrogens is 338 g/mol. The van der Waals surface area contributed by atoms with Gasteiger partial charge in [0.15, 0.2) is 0 Å². The summed E-state index contributed by atoms with van der Waals surface area (Å²) in [5.74, 6) is 7.09. The second-order valence-electron chi connectivity index (χ2n) is 7.50. The molecule has 0 bridgehead atoms. The van der Waals surface area contributed by atoms with Crippen molar-refractivity contribution in [1.29, 1.82) is 0 Å². The minimum absolute atomic E-state index is 0.0169. The van der Waals surface area contributed by atoms with E-state index in [2.05, 4.69) is 11.8 Å². The smallest absolute Gasteiger partial charge is 0.328 e. The van der Waals surface area contributed by atoms with Gasteiger partial charge in [0, 0.05) is 50.4 Å². The van der Waals surface area contributed by atoms with Crippen molar-refractivity contribution in [3.63, 3.8) is 0 Å². The van der Waals surface area contributed by atoms with Crippen LogP contribution in [0.1, 0.15) is 49.0 Å². The lowest BCUT2D eigenvalue weighted by Gasteiger charge is -2.15. The highest BCUT2D eigenvalue weighted by atomic mass is 16.2. The van der Waals surface area contributed by atoms with Gasteiger partial charge in [-0.15, -0.1) is 0 Å². The van der Waals surface area contributed by atoms with E-state index in [-0.39, 0.29) is 17.6 Å². The summed E-state index contributed by atoms with van der Waals surface area (Å²) in [4.78, 5) is 26.2. The first-order valence-electron chi connectivity index (χ1n) is 9.46. The third-order valence-electron chi connectivity index (χ3n) is 5.02. The molecular formula is C22H27N3O2. The number of nitrogens with zero attached hydrogens (tertiary/aromatic N) is 3. The molecule has 0 spiro atoms. The van der Waals surface area contributed by atoms with Crippen LogP contribution in [-0.4, -0.2) is 34.0 Å². The van der Waals surface area contributed by atoms with E-state index in [1.807, 2.05) is 44.3 Å². The molecule has 27 heavy (non-hydrogen) atoms. The van der Waals surface area contributed by atoms with Crippen molar-refractivity contribution in [3.8, 4) is 11.8 Å². The zero-order valence-electron chi connectivity index (χ0n) is 16.5. The number of aromatic nitrogens is 2. The molecule has 1 aliphatic carbocycles. The Kier molecular flexibility index (Phi) is 5.55. The molecule has 1 amide bonds. The Bertz CT molecular complexity index is 935. The lowest BCUT2D eigenvalue weighted by Crippen LogP contribution is -2.29. The van der Waals surface area contributed by atoms with Crippen molar-refractivity contribution >= 4 is 5.91 Å². The zero-order valence-corrected chi connectivity index (χ0v) is 16.5. The number of hydrogen-bond acceptors (Lipinski definition) is 2. The largest absolute Gasteiger partial charge is 0.349 e. The van der Waals surface area contributed by atoms with Crippen molar-refractivity contribution in [2.24, 2.45) is 5.92 Å². The summed E-state index contributed by atoms with van der Waals surface area (Å²) in [6.07, 6.45) is 4.60. The molecule has 1 heterocycles. The number of rotatable bonds is 5. The third kappa shape index (κ3) is 4.51. The number of imidazole rings is 1. The average molecular weight is 365 g/mol. The van der Waals surface area contributed by atoms with E-state index in [9.17, 15) is 9.59 Å². The Labute approximate surface area is 160 Å². The fourth-order valence-electron chi connectivity index (χ4n) is 3.11. The van der Waals surface area contributed by atoms with Crippen molar-refractivity contribution in [3.05, 3.63) is 57.8 Å². The number of carbonyl (C=O) groups is 1. The lowest BCUT2D eigenvalue weighted by molar-refractivity contribution is -0.128. The number of amides is 1. The number of carbonyl (C=O) groups excluding carboxylic acids is 1. The molecule has 2 aromatic rings. The number of hydrogen-bond donors (Lipinski definition) is 0. The summed E-state index contributed by atoms with van der Waals surface area (Å²) in [6, 6.07) is 8.05. The van der Waals surface area contributed by atoms with Gasteiger partial charge in [-0.2, -0.15) is 0 Å². The van der Waals surface area contributed by atoms with Crippen LogP contribution >= 0.6 is 0 Å². The van der Waals surface area contributed by atoms with E-state index in [1.165, 1.54) is 12.8 Å². The van der Waals surface area contributed by atoms with Gasteiger partial charge >= 0.3 is 5.69 Å². The SMILES string of the molecule is Cc1cn(CCC(=O)N(C)C)c(=O)n1[C@H](C)c1ccc(C#CC2CC2)cc1. The normalized spacial score (nSPS) is 14.4. The van der Waals surface area contributed by atoms with Crippen LogP contribution < -0.4 is 5.69 Å². The Morgan fingerprint density at radius 3 is 2.52 bits per heavy atom. The van der Waals surface area contributed by atoms with E-state index in [0.717, 1.165) is 16.8 Å². The Morgan fingerprint density at radius 1 is 1.26 bits per heavy atom. The van der Waals surface area contributed by atoms with Gasteiger partial charge < -0.3 is 4.90 Å². The molecule has 0 unspecified atom stereocenters. The maximum atomic E-state index is 12.8. The van der Waals surface area contributed by atoms with Crippen LogP contribution in [0.25, 0.3) is 0 Å². The second kappa shape index (κ2) is 7.87. The molecule has 1 fully saturated rings. The zero-order chi connectivity index (χ0) is 19.6. The highest BCUT2D eigenvalue weighted by molar-refractivity contribution is 5.75. The highest BCUT2D eigenvalue weighted by Crippen LogP contribution is 2.27. The first-order chi connectivity index (χ1) is 12.9. The molecule has 5 heteroatoms. The number of aryl methyl sites for hydroxylation is 2. The molecule has 0 saturated heterocycles. The predicted molar refractivity (Wildman–Crippen MR) is 107 cm³/mol. The first-order valence-corrected chi connectivity index (χ1v) is 9.46. The molecule has 1 saturated carbocycles. The summed E-state index contributed by atoms with van der Waals surface area (Å²) in [5.41, 5.74) is 2.90. The second-order valence-corrected chi connectivity index (χ2v) is 7.50. The minimum atomic E-state index is -0.0795. The van der Waals surface area contributed by atoms with E-state index in [1.54, 1.807) is 28.1 Å². The molecule has 1 aromatic heterocycles. The molecule has 5 nitrogen and oxygen atoms in total. The third-order valence-corrected chi connectivity index (χ3v) is 5.02. The molecule has 1 aromatic carbocycles. The minimum Gasteiger partial charge on any atom is -0.349 e. The topological polar surface area (TPSA) is 47.2 Å². The van der Waals surface area contributed by atoms with E-state index < -0.39 is 0 Å². The van der Waals surface area contributed by atoms with E-state index in [4.69, 9.17) is 0 Å². The van der Waals surface area contributed by atoms with Crippen molar-refractivity contribution in [2.45, 2.75) is 45.7 Å². The molecule has 0 radical (unpaired) electrons. The van der Waals surface area contributed by atoms with Gasteiger partial charge in [0.25, 0.3) is 0 Å². The molecule has 142 valence electrons. The Balaban J connectivity index is 1.76. The molecule has 1 aliphatic rings. The van der Waals surface area contributed by atoms with Crippen LogP contribution in [0, 0.1) is 24.7 Å². The molecule has 0 aliphatic heterocycles. The van der Waals surface area contributed by atoms with Crippen LogP contribution in [0.2, 0.25) is 0 Å². The van der Waals surface area contributed by atoms with E-state index in [0.29, 0.717) is 18.9 Å². The summed E-state index contributed by atoms with van der Waals surface area (Å²) < 4.78 is 3.41. The fourth-order valence-corrected chi connectivity index (χ4v) is 3.11. The quantitative estimate of drug-likeness (QED) is 0.765. The van der Waals surface area contributed by atoms with Crippen LogP contribution in [0.15, 0.2) is 35.3 Å². The van der Waals surface area contributed by atoms with Crippen molar-refractivity contribution < 1.29 is 4.79 Å². The van der Waals surface area contributed by atoms with Crippen LogP contribution in [-0.2, 0) is 11.3 Å².